The van der Waals surface area contributed by atoms with Crippen molar-refractivity contribution in [2.45, 2.75) is 38.5 Å². The highest BCUT2D eigenvalue weighted by Gasteiger charge is 2.22. The Balaban J connectivity index is 0.00000300. The zero-order chi connectivity index (χ0) is 19.8. The first kappa shape index (κ1) is 23.3. The van der Waals surface area contributed by atoms with E-state index in [9.17, 15) is 4.39 Å². The van der Waals surface area contributed by atoms with Gasteiger partial charge in [0.25, 0.3) is 0 Å². The van der Waals surface area contributed by atoms with Gasteiger partial charge in [-0.3, -0.25) is 4.99 Å². The number of halogens is 2. The maximum atomic E-state index is 12.9. The molecule has 0 saturated carbocycles. The minimum atomic E-state index is -0.264. The molecule has 1 aliphatic rings. The fourth-order valence-corrected chi connectivity index (χ4v) is 3.06. The van der Waals surface area contributed by atoms with Crippen molar-refractivity contribution in [3.63, 3.8) is 0 Å². The van der Waals surface area contributed by atoms with Crippen LogP contribution in [-0.4, -0.2) is 54.1 Å². The average Bonchev–Trinajstić information content (AvgIpc) is 3.10. The predicted molar refractivity (Wildman–Crippen MR) is 119 cm³/mol. The van der Waals surface area contributed by atoms with Crippen LogP contribution in [-0.2, 0) is 24.3 Å². The molecule has 0 spiro atoms. The van der Waals surface area contributed by atoms with E-state index in [1.165, 1.54) is 12.1 Å². The molecule has 1 aromatic carbocycles. The molecule has 0 amide bonds. The Morgan fingerprint density at radius 2 is 2.14 bits per heavy atom. The third-order valence-electron chi connectivity index (χ3n) is 4.44. The molecule has 8 nitrogen and oxygen atoms in total. The Bertz CT molecular complexity index is 784. The summed E-state index contributed by atoms with van der Waals surface area (Å²) in [5.74, 6) is 2.89. The number of hydrogen-bond donors (Lipinski definition) is 2. The minimum Gasteiger partial charge on any atom is -0.494 e. The van der Waals surface area contributed by atoms with Crippen LogP contribution < -0.4 is 15.4 Å². The Labute approximate surface area is 187 Å². The average molecular weight is 518 g/mol. The second kappa shape index (κ2) is 11.9. The summed E-state index contributed by atoms with van der Waals surface area (Å²) >= 11 is 0. The first-order valence-electron chi connectivity index (χ1n) is 9.45. The van der Waals surface area contributed by atoms with E-state index in [2.05, 4.69) is 25.7 Å². The van der Waals surface area contributed by atoms with Crippen molar-refractivity contribution in [3.05, 3.63) is 41.7 Å². The summed E-state index contributed by atoms with van der Waals surface area (Å²) in [6, 6.07) is 6.28. The van der Waals surface area contributed by atoms with E-state index >= 15 is 0 Å². The summed E-state index contributed by atoms with van der Waals surface area (Å²) in [5, 5.41) is 11.2. The number of aliphatic imine (C=N–C) groups is 1. The maximum Gasteiger partial charge on any atom is 0.191 e. The standard InChI is InChI=1S/C19H27FN6O2.HI/c1-21-19(22-10-3-11-28-16-7-4-14(20)5-8-16)23-15-6-9-18-24-17(13-27-2)25-26(18)12-15;/h4-5,7-8,15H,3,6,9-13H2,1-2H3,(H2,21,22,23);1H. The van der Waals surface area contributed by atoms with Gasteiger partial charge in [-0.2, -0.15) is 5.10 Å². The number of aromatic nitrogens is 3. The molecule has 10 heteroatoms. The Morgan fingerprint density at radius 1 is 1.34 bits per heavy atom. The number of ether oxygens (including phenoxy) is 2. The molecule has 3 rings (SSSR count). The number of rotatable bonds is 8. The fraction of sp³-hybridized carbons (Fsp3) is 0.526. The lowest BCUT2D eigenvalue weighted by molar-refractivity contribution is 0.177. The molecule has 1 atom stereocenters. The summed E-state index contributed by atoms with van der Waals surface area (Å²) in [7, 11) is 3.40. The molecule has 2 heterocycles. The van der Waals surface area contributed by atoms with Crippen LogP contribution in [0.4, 0.5) is 4.39 Å². The van der Waals surface area contributed by atoms with Crippen molar-refractivity contribution in [2.75, 3.05) is 27.3 Å². The second-order valence-electron chi connectivity index (χ2n) is 6.59. The molecule has 0 bridgehead atoms. The van der Waals surface area contributed by atoms with Crippen LogP contribution in [0.25, 0.3) is 0 Å². The molecule has 0 fully saturated rings. The van der Waals surface area contributed by atoms with Gasteiger partial charge in [0.15, 0.2) is 11.8 Å². The van der Waals surface area contributed by atoms with Gasteiger partial charge in [0, 0.05) is 33.2 Å². The van der Waals surface area contributed by atoms with E-state index in [-0.39, 0.29) is 35.8 Å². The normalized spacial score (nSPS) is 16.0. The van der Waals surface area contributed by atoms with Crippen molar-refractivity contribution in [2.24, 2.45) is 4.99 Å². The lowest BCUT2D eigenvalue weighted by Crippen LogP contribution is -2.47. The van der Waals surface area contributed by atoms with Crippen LogP contribution in [0.3, 0.4) is 0 Å². The largest absolute Gasteiger partial charge is 0.494 e. The molecule has 0 radical (unpaired) electrons. The van der Waals surface area contributed by atoms with E-state index in [0.29, 0.717) is 19.0 Å². The highest BCUT2D eigenvalue weighted by Crippen LogP contribution is 2.13. The topological polar surface area (TPSA) is 85.6 Å². The van der Waals surface area contributed by atoms with E-state index in [0.717, 1.165) is 50.0 Å². The van der Waals surface area contributed by atoms with Gasteiger partial charge < -0.3 is 20.1 Å². The zero-order valence-corrected chi connectivity index (χ0v) is 19.1. The minimum absolute atomic E-state index is 0. The quantitative estimate of drug-likeness (QED) is 0.241. The lowest BCUT2D eigenvalue weighted by Gasteiger charge is -2.25. The van der Waals surface area contributed by atoms with Crippen LogP contribution in [0.5, 0.6) is 5.75 Å². The second-order valence-corrected chi connectivity index (χ2v) is 6.59. The van der Waals surface area contributed by atoms with Gasteiger partial charge in [0.1, 0.15) is 24.0 Å². The Kier molecular flexibility index (Phi) is 9.58. The van der Waals surface area contributed by atoms with Crippen molar-refractivity contribution >= 4 is 29.9 Å². The van der Waals surface area contributed by atoms with Crippen LogP contribution in [0, 0.1) is 5.82 Å². The highest BCUT2D eigenvalue weighted by molar-refractivity contribution is 14.0. The van der Waals surface area contributed by atoms with Gasteiger partial charge >= 0.3 is 0 Å². The summed E-state index contributed by atoms with van der Waals surface area (Å²) < 4.78 is 25.5. The highest BCUT2D eigenvalue weighted by atomic mass is 127. The molecular formula is C19H28FIN6O2. The summed E-state index contributed by atoms with van der Waals surface area (Å²) in [4.78, 5) is 8.78. The summed E-state index contributed by atoms with van der Waals surface area (Å²) in [6.07, 6.45) is 2.65. The summed E-state index contributed by atoms with van der Waals surface area (Å²) in [5.41, 5.74) is 0. The van der Waals surface area contributed by atoms with Crippen molar-refractivity contribution in [1.82, 2.24) is 25.4 Å². The van der Waals surface area contributed by atoms with Crippen molar-refractivity contribution in [3.8, 4) is 5.75 Å². The SMILES string of the molecule is CN=C(NCCCOc1ccc(F)cc1)NC1CCc2nc(COC)nn2C1.I. The van der Waals surface area contributed by atoms with Gasteiger partial charge in [-0.25, -0.2) is 14.1 Å². The number of guanidine groups is 1. The molecule has 0 aliphatic carbocycles. The van der Waals surface area contributed by atoms with E-state index in [4.69, 9.17) is 9.47 Å². The number of nitrogens with zero attached hydrogens (tertiary/aromatic N) is 4. The molecule has 2 aromatic rings. The number of nitrogens with one attached hydrogen (secondary N) is 2. The monoisotopic (exact) mass is 518 g/mol. The first-order valence-corrected chi connectivity index (χ1v) is 9.45. The number of methoxy groups -OCH3 is 1. The molecule has 29 heavy (non-hydrogen) atoms. The predicted octanol–water partition coefficient (Wildman–Crippen LogP) is 2.13. The van der Waals surface area contributed by atoms with Gasteiger partial charge in [-0.1, -0.05) is 0 Å². The third-order valence-corrected chi connectivity index (χ3v) is 4.44. The third kappa shape index (κ3) is 7.11. The van der Waals surface area contributed by atoms with Crippen LogP contribution in [0.15, 0.2) is 29.3 Å². The molecule has 2 N–H and O–H groups in total. The number of aryl methyl sites for hydroxylation is 1. The molecule has 0 saturated heterocycles. The number of fused-ring (bicyclic) bond motifs is 1. The van der Waals surface area contributed by atoms with Crippen LogP contribution in [0.2, 0.25) is 0 Å². The Hall–Kier alpha value is -1.95. The van der Waals surface area contributed by atoms with Gasteiger partial charge in [0.05, 0.1) is 13.2 Å². The fourth-order valence-electron chi connectivity index (χ4n) is 3.06. The first-order chi connectivity index (χ1) is 13.7. The Morgan fingerprint density at radius 3 is 2.86 bits per heavy atom. The van der Waals surface area contributed by atoms with E-state index < -0.39 is 0 Å². The molecule has 1 aromatic heterocycles. The van der Waals surface area contributed by atoms with E-state index in [1.807, 2.05) is 4.68 Å². The zero-order valence-electron chi connectivity index (χ0n) is 16.7. The lowest BCUT2D eigenvalue weighted by atomic mass is 10.1. The molecular weight excluding hydrogens is 490 g/mol. The van der Waals surface area contributed by atoms with Crippen molar-refractivity contribution < 1.29 is 13.9 Å². The van der Waals surface area contributed by atoms with Crippen molar-refractivity contribution in [1.29, 1.82) is 0 Å². The van der Waals surface area contributed by atoms with Gasteiger partial charge in [-0.15, -0.1) is 24.0 Å². The molecule has 1 unspecified atom stereocenters. The number of benzene rings is 1. The smallest absolute Gasteiger partial charge is 0.191 e. The van der Waals surface area contributed by atoms with Crippen LogP contribution in [0.1, 0.15) is 24.5 Å². The van der Waals surface area contributed by atoms with E-state index in [1.54, 1.807) is 26.3 Å². The molecule has 160 valence electrons. The summed E-state index contributed by atoms with van der Waals surface area (Å²) in [6.45, 7) is 2.45. The maximum absolute atomic E-state index is 12.9. The van der Waals surface area contributed by atoms with Crippen LogP contribution >= 0.6 is 24.0 Å². The number of hydrogen-bond acceptors (Lipinski definition) is 5. The molecule has 1 aliphatic heterocycles. The van der Waals surface area contributed by atoms with Gasteiger partial charge in [0.2, 0.25) is 0 Å². The van der Waals surface area contributed by atoms with Gasteiger partial charge in [-0.05, 0) is 37.1 Å².